The predicted molar refractivity (Wildman–Crippen MR) is 205 cm³/mol. The molecule has 3 aliphatic rings. The van der Waals surface area contributed by atoms with Gasteiger partial charge in [0.05, 0.1) is 6.10 Å². The van der Waals surface area contributed by atoms with E-state index in [0.717, 1.165) is 35.1 Å². The Labute approximate surface area is 316 Å². The minimum atomic E-state index is -0.906. The summed E-state index contributed by atoms with van der Waals surface area (Å²) in [6.07, 6.45) is 1.38. The molecule has 53 heavy (non-hydrogen) atoms. The topological polar surface area (TPSA) is 131 Å². The molecule has 3 aliphatic heterocycles. The van der Waals surface area contributed by atoms with E-state index in [2.05, 4.69) is 52.2 Å². The Kier molecular flexibility index (Phi) is 10.4. The average molecular weight is 752 g/mol. The lowest BCUT2D eigenvalue weighted by atomic mass is 9.77. The predicted octanol–water partition coefficient (Wildman–Crippen LogP) is 6.07. The van der Waals surface area contributed by atoms with Crippen molar-refractivity contribution >= 4 is 51.7 Å². The highest BCUT2D eigenvalue weighted by Gasteiger charge is 2.56. The third-order valence-electron chi connectivity index (χ3n) is 9.25. The highest BCUT2D eigenvalue weighted by molar-refractivity contribution is 8.00. The number of anilines is 1. The van der Waals surface area contributed by atoms with Crippen molar-refractivity contribution in [1.29, 1.82) is 0 Å². The summed E-state index contributed by atoms with van der Waals surface area (Å²) in [7, 11) is 1.35. The highest BCUT2D eigenvalue weighted by Crippen LogP contribution is 2.44. The maximum atomic E-state index is 13.9. The van der Waals surface area contributed by atoms with Gasteiger partial charge in [0.25, 0.3) is 11.8 Å². The smallest absolute Gasteiger partial charge is 0.355 e. The first-order valence-corrected chi connectivity index (χ1v) is 19.4. The van der Waals surface area contributed by atoms with Crippen LogP contribution in [0.15, 0.2) is 113 Å². The number of benzene rings is 3. The van der Waals surface area contributed by atoms with Crippen LogP contribution in [0.5, 0.6) is 0 Å². The number of fused-ring (bicyclic) bond motifs is 1. The Bertz CT molecular complexity index is 1930. The van der Waals surface area contributed by atoms with Gasteiger partial charge in [0.2, 0.25) is 0 Å². The monoisotopic (exact) mass is 751 g/mol. The summed E-state index contributed by atoms with van der Waals surface area (Å²) in [6.45, 7) is 5.95. The van der Waals surface area contributed by atoms with E-state index in [1.54, 1.807) is 26.2 Å². The van der Waals surface area contributed by atoms with Gasteiger partial charge in [-0.15, -0.1) is 23.1 Å². The highest BCUT2D eigenvalue weighted by atomic mass is 32.2. The molecule has 0 radical (unpaired) electrons. The summed E-state index contributed by atoms with van der Waals surface area (Å²) >= 11 is 2.80. The molecule has 3 aromatic carbocycles. The normalized spacial score (nSPS) is 20.4. The van der Waals surface area contributed by atoms with Crippen molar-refractivity contribution in [3.05, 3.63) is 130 Å². The molecule has 0 spiro atoms. The summed E-state index contributed by atoms with van der Waals surface area (Å²) in [6, 6.07) is 29.5. The molecular formula is C40H41N5O6S2. The number of carbonyl (C=O) groups excluding carboxylic acids is 3. The van der Waals surface area contributed by atoms with Gasteiger partial charge < -0.3 is 24.9 Å². The van der Waals surface area contributed by atoms with Gasteiger partial charge in [-0.25, -0.2) is 9.78 Å². The number of amides is 2. The SMILES string of the molecule is CON=C(C(=O)N[C@@H]1C(=O)N2C(C(=O)OC(C)(C)C)=C(C3CCCO3)CS[C@H]12)c1csc(NC(c2ccccc2)(c2ccccc2)c2ccccc2)n1. The molecular weight excluding hydrogens is 711 g/mol. The number of thiazole rings is 1. The van der Waals surface area contributed by atoms with Crippen LogP contribution in [0.25, 0.3) is 0 Å². The van der Waals surface area contributed by atoms with Gasteiger partial charge in [0, 0.05) is 17.7 Å². The molecule has 4 heterocycles. The molecule has 274 valence electrons. The van der Waals surface area contributed by atoms with Gasteiger partial charge in [-0.2, -0.15) is 0 Å². The van der Waals surface area contributed by atoms with E-state index in [9.17, 15) is 14.4 Å². The lowest BCUT2D eigenvalue weighted by molar-refractivity contribution is -0.159. The lowest BCUT2D eigenvalue weighted by Gasteiger charge is -2.50. The number of nitrogens with zero attached hydrogens (tertiary/aromatic N) is 3. The lowest BCUT2D eigenvalue weighted by Crippen LogP contribution is -2.71. The van der Waals surface area contributed by atoms with Crippen LogP contribution >= 0.6 is 23.1 Å². The maximum absolute atomic E-state index is 13.9. The summed E-state index contributed by atoms with van der Waals surface area (Å²) < 4.78 is 11.7. The Hall–Kier alpha value is -4.98. The van der Waals surface area contributed by atoms with Crippen LogP contribution in [-0.2, 0) is 34.2 Å². The number of ether oxygens (including phenoxy) is 2. The van der Waals surface area contributed by atoms with Crippen molar-refractivity contribution in [2.45, 2.75) is 62.3 Å². The van der Waals surface area contributed by atoms with Crippen LogP contribution in [-0.4, -0.2) is 76.0 Å². The van der Waals surface area contributed by atoms with Crippen molar-refractivity contribution in [3.8, 4) is 0 Å². The number of esters is 1. The summed E-state index contributed by atoms with van der Waals surface area (Å²) in [5, 5.41) is 12.4. The average Bonchev–Trinajstić information content (AvgIpc) is 3.88. The largest absolute Gasteiger partial charge is 0.455 e. The summed E-state index contributed by atoms with van der Waals surface area (Å²) in [5.41, 5.74) is 2.55. The molecule has 2 amide bonds. The molecule has 0 bridgehead atoms. The zero-order valence-electron chi connectivity index (χ0n) is 29.9. The van der Waals surface area contributed by atoms with Crippen LogP contribution in [0.4, 0.5) is 5.13 Å². The Balaban J connectivity index is 1.15. The molecule has 13 heteroatoms. The number of hydrogen-bond donors (Lipinski definition) is 2. The van der Waals surface area contributed by atoms with E-state index in [4.69, 9.17) is 19.3 Å². The van der Waals surface area contributed by atoms with Gasteiger partial charge in [-0.3, -0.25) is 14.5 Å². The third-order valence-corrected chi connectivity index (χ3v) is 11.3. The molecule has 1 unspecified atom stereocenters. The van der Waals surface area contributed by atoms with Crippen molar-refractivity contribution < 1.29 is 28.7 Å². The number of nitrogens with one attached hydrogen (secondary N) is 2. The number of aromatic nitrogens is 1. The maximum Gasteiger partial charge on any atom is 0.355 e. The zero-order chi connectivity index (χ0) is 37.2. The van der Waals surface area contributed by atoms with Gasteiger partial charge in [0.1, 0.15) is 41.1 Å². The van der Waals surface area contributed by atoms with Crippen molar-refractivity contribution in [2.75, 3.05) is 24.8 Å². The number of carbonyl (C=O) groups is 3. The van der Waals surface area contributed by atoms with Crippen molar-refractivity contribution in [3.63, 3.8) is 0 Å². The first-order chi connectivity index (χ1) is 25.6. The number of thioether (sulfide) groups is 1. The minimum Gasteiger partial charge on any atom is -0.455 e. The molecule has 0 saturated carbocycles. The Morgan fingerprint density at radius 1 is 0.943 bits per heavy atom. The number of oxime groups is 1. The van der Waals surface area contributed by atoms with Crippen LogP contribution in [0, 0.1) is 0 Å². The second kappa shape index (κ2) is 15.2. The van der Waals surface area contributed by atoms with Gasteiger partial charge in [-0.1, -0.05) is 96.2 Å². The zero-order valence-corrected chi connectivity index (χ0v) is 31.5. The van der Waals surface area contributed by atoms with Crippen LogP contribution in [0.3, 0.4) is 0 Å². The van der Waals surface area contributed by atoms with Crippen LogP contribution in [0.1, 0.15) is 56.0 Å². The fourth-order valence-corrected chi connectivity index (χ4v) is 9.10. The first kappa shape index (κ1) is 36.4. The fraction of sp³-hybridized carbons (Fsp3) is 0.325. The molecule has 1 aromatic heterocycles. The number of β-lactam (4-membered cyclic amide) rings is 1. The van der Waals surface area contributed by atoms with E-state index < -0.39 is 40.3 Å². The second-order valence-electron chi connectivity index (χ2n) is 13.9. The first-order valence-electron chi connectivity index (χ1n) is 17.5. The van der Waals surface area contributed by atoms with E-state index in [-0.39, 0.29) is 23.2 Å². The van der Waals surface area contributed by atoms with Crippen LogP contribution < -0.4 is 10.6 Å². The summed E-state index contributed by atoms with van der Waals surface area (Å²) in [4.78, 5) is 52.6. The standard InChI is InChI=1S/C40H41N5O6S2/c1-39(2,3)51-37(48)33-28(30-21-14-22-50-30)23-52-36-32(35(47)45(33)36)42-34(46)31(44-49-4)29-24-53-38(41-29)43-40(25-15-8-5-9-16-25,26-17-10-6-11-18-26)27-19-12-7-13-20-27/h5-13,15-20,24,30,32,36H,14,21-23H2,1-4H3,(H,41,43)(H,42,46)/t30?,32-,36-/m1/s1. The molecule has 4 aromatic rings. The molecule has 7 rings (SSSR count). The number of rotatable bonds is 11. The molecule has 2 N–H and O–H groups in total. The molecule has 3 atom stereocenters. The van der Waals surface area contributed by atoms with Crippen molar-refractivity contribution in [2.24, 2.45) is 5.16 Å². The fourth-order valence-electron chi connectivity index (χ4n) is 6.94. The van der Waals surface area contributed by atoms with E-state index >= 15 is 0 Å². The van der Waals surface area contributed by atoms with E-state index in [1.807, 2.05) is 54.6 Å². The Morgan fingerprint density at radius 3 is 2.08 bits per heavy atom. The molecule has 0 aliphatic carbocycles. The second-order valence-corrected chi connectivity index (χ2v) is 15.8. The quantitative estimate of drug-likeness (QED) is 0.0617. The summed E-state index contributed by atoms with van der Waals surface area (Å²) in [5.74, 6) is -1.15. The van der Waals surface area contributed by atoms with E-state index in [1.165, 1.54) is 35.1 Å². The van der Waals surface area contributed by atoms with E-state index in [0.29, 0.717) is 17.5 Å². The molecule has 2 fully saturated rings. The van der Waals surface area contributed by atoms with Gasteiger partial charge >= 0.3 is 5.97 Å². The third kappa shape index (κ3) is 7.20. The van der Waals surface area contributed by atoms with Gasteiger partial charge in [0.15, 0.2) is 10.8 Å². The Morgan fingerprint density at radius 2 is 1.55 bits per heavy atom. The van der Waals surface area contributed by atoms with Crippen LogP contribution in [0.2, 0.25) is 0 Å². The van der Waals surface area contributed by atoms with Crippen molar-refractivity contribution in [1.82, 2.24) is 15.2 Å². The minimum absolute atomic E-state index is 0.0865. The molecule has 11 nitrogen and oxygen atoms in total. The molecule has 2 saturated heterocycles. The number of hydrogen-bond acceptors (Lipinski definition) is 11. The van der Waals surface area contributed by atoms with Gasteiger partial charge in [-0.05, 0) is 55.9 Å².